The molecule has 0 aromatic carbocycles. The molecule has 0 spiro atoms. The summed E-state index contributed by atoms with van der Waals surface area (Å²) in [5.41, 5.74) is 5.37. The van der Waals surface area contributed by atoms with E-state index in [1.54, 1.807) is 0 Å². The summed E-state index contributed by atoms with van der Waals surface area (Å²) in [6, 6.07) is 0. The minimum absolute atomic E-state index is 0.0341. The molecule has 112 valence electrons. The van der Waals surface area contributed by atoms with Crippen molar-refractivity contribution in [2.45, 2.75) is 37.2 Å². The van der Waals surface area contributed by atoms with Gasteiger partial charge in [0.25, 0.3) is 0 Å². The Morgan fingerprint density at radius 1 is 1.45 bits per heavy atom. The van der Waals surface area contributed by atoms with Crippen LogP contribution < -0.4 is 5.73 Å². The number of rotatable bonds is 5. The van der Waals surface area contributed by atoms with Gasteiger partial charge in [0.15, 0.2) is 0 Å². The van der Waals surface area contributed by atoms with Crippen LogP contribution in [0, 0.1) is 0 Å². The fourth-order valence-electron chi connectivity index (χ4n) is 2.15. The van der Waals surface area contributed by atoms with E-state index in [2.05, 4.69) is 9.97 Å². The third kappa shape index (κ3) is 3.44. The molecule has 1 aromatic heterocycles. The van der Waals surface area contributed by atoms with Crippen molar-refractivity contribution >= 4 is 16.0 Å². The minimum Gasteiger partial charge on any atom is -0.377 e. The van der Waals surface area contributed by atoms with Crippen LogP contribution in [0.1, 0.15) is 26.2 Å². The number of anilines is 1. The number of piperidine rings is 1. The standard InChI is InChI=1S/C12H20N4O3S/c1-2-6-19-10-4-3-5-16(9-10)20(17,18)11-7-14-12(13)15-8-11/h7-8,10H,2-6,9H2,1H3,(H2,13,14,15). The molecule has 1 atom stereocenters. The maximum absolute atomic E-state index is 12.5. The number of nitrogen functional groups attached to an aromatic ring is 1. The van der Waals surface area contributed by atoms with Crippen LogP contribution in [0.15, 0.2) is 17.3 Å². The largest absolute Gasteiger partial charge is 0.377 e. The molecule has 2 heterocycles. The Bertz CT molecular complexity index is 532. The number of sulfonamides is 1. The molecule has 20 heavy (non-hydrogen) atoms. The summed E-state index contributed by atoms with van der Waals surface area (Å²) in [6.07, 6.45) is 5.07. The van der Waals surface area contributed by atoms with Gasteiger partial charge in [-0.1, -0.05) is 6.92 Å². The first-order valence-corrected chi connectivity index (χ1v) is 8.17. The van der Waals surface area contributed by atoms with Gasteiger partial charge in [0.1, 0.15) is 4.90 Å². The fraction of sp³-hybridized carbons (Fsp3) is 0.667. The molecule has 7 nitrogen and oxygen atoms in total. The fourth-order valence-corrected chi connectivity index (χ4v) is 3.55. The molecule has 2 rings (SSSR count). The predicted molar refractivity (Wildman–Crippen MR) is 74.5 cm³/mol. The van der Waals surface area contributed by atoms with E-state index < -0.39 is 10.0 Å². The predicted octanol–water partition coefficient (Wildman–Crippen LogP) is 0.639. The monoisotopic (exact) mass is 300 g/mol. The first-order valence-electron chi connectivity index (χ1n) is 6.73. The van der Waals surface area contributed by atoms with Gasteiger partial charge in [-0.25, -0.2) is 18.4 Å². The molecule has 0 radical (unpaired) electrons. The summed E-state index contributed by atoms with van der Waals surface area (Å²) in [6.45, 7) is 3.57. The highest BCUT2D eigenvalue weighted by atomic mass is 32.2. The van der Waals surface area contributed by atoms with Gasteiger partial charge in [-0.3, -0.25) is 0 Å². The summed E-state index contributed by atoms with van der Waals surface area (Å²) in [7, 11) is -3.56. The van der Waals surface area contributed by atoms with Crippen molar-refractivity contribution in [3.8, 4) is 0 Å². The van der Waals surface area contributed by atoms with Gasteiger partial charge < -0.3 is 10.5 Å². The molecule has 0 aliphatic carbocycles. The topological polar surface area (TPSA) is 98.4 Å². The van der Waals surface area contributed by atoms with Crippen LogP contribution >= 0.6 is 0 Å². The highest BCUT2D eigenvalue weighted by Crippen LogP contribution is 2.21. The van der Waals surface area contributed by atoms with Crippen molar-refractivity contribution in [1.82, 2.24) is 14.3 Å². The number of aromatic nitrogens is 2. The van der Waals surface area contributed by atoms with E-state index in [0.29, 0.717) is 19.7 Å². The van der Waals surface area contributed by atoms with Crippen molar-refractivity contribution in [3.63, 3.8) is 0 Å². The average molecular weight is 300 g/mol. The third-order valence-corrected chi connectivity index (χ3v) is 5.00. The molecule has 1 unspecified atom stereocenters. The number of hydrogen-bond acceptors (Lipinski definition) is 6. The lowest BCUT2D eigenvalue weighted by atomic mass is 10.1. The van der Waals surface area contributed by atoms with Crippen molar-refractivity contribution < 1.29 is 13.2 Å². The van der Waals surface area contributed by atoms with E-state index in [4.69, 9.17) is 10.5 Å². The Kier molecular flexibility index (Phi) is 4.90. The summed E-state index contributed by atoms with van der Waals surface area (Å²) in [5.74, 6) is 0.0618. The molecule has 1 fully saturated rings. The van der Waals surface area contributed by atoms with Crippen LogP contribution in [0.5, 0.6) is 0 Å². The van der Waals surface area contributed by atoms with Gasteiger partial charge >= 0.3 is 0 Å². The van der Waals surface area contributed by atoms with Gasteiger partial charge in [-0.05, 0) is 19.3 Å². The molecule has 8 heteroatoms. The Balaban J connectivity index is 2.10. The first kappa shape index (κ1) is 15.1. The third-order valence-electron chi connectivity index (χ3n) is 3.18. The lowest BCUT2D eigenvalue weighted by Gasteiger charge is -2.31. The Morgan fingerprint density at radius 2 is 2.15 bits per heavy atom. The molecule has 0 saturated carbocycles. The molecule has 1 saturated heterocycles. The average Bonchev–Trinajstić information content (AvgIpc) is 2.46. The lowest BCUT2D eigenvalue weighted by Crippen LogP contribution is -2.43. The smallest absolute Gasteiger partial charge is 0.246 e. The molecule has 2 N–H and O–H groups in total. The van der Waals surface area contributed by atoms with Crippen LogP contribution in [-0.4, -0.2) is 48.5 Å². The second-order valence-electron chi connectivity index (χ2n) is 4.78. The van der Waals surface area contributed by atoms with Crippen molar-refractivity contribution in [2.24, 2.45) is 0 Å². The number of nitrogens with zero attached hydrogens (tertiary/aromatic N) is 3. The molecule has 1 aliphatic rings. The molecule has 0 bridgehead atoms. The van der Waals surface area contributed by atoms with Crippen LogP contribution in [0.2, 0.25) is 0 Å². The number of ether oxygens (including phenoxy) is 1. The van der Waals surface area contributed by atoms with Crippen LogP contribution in [0.25, 0.3) is 0 Å². The van der Waals surface area contributed by atoms with E-state index >= 15 is 0 Å². The minimum atomic E-state index is -3.56. The van der Waals surface area contributed by atoms with Crippen molar-refractivity contribution in [3.05, 3.63) is 12.4 Å². The van der Waals surface area contributed by atoms with Gasteiger partial charge in [0, 0.05) is 19.7 Å². The Hall–Kier alpha value is -1.25. The first-order chi connectivity index (χ1) is 9.54. The zero-order valence-corrected chi connectivity index (χ0v) is 12.3. The summed E-state index contributed by atoms with van der Waals surface area (Å²) in [4.78, 5) is 7.55. The highest BCUT2D eigenvalue weighted by Gasteiger charge is 2.31. The van der Waals surface area contributed by atoms with Gasteiger partial charge in [-0.15, -0.1) is 0 Å². The number of hydrogen-bond donors (Lipinski definition) is 1. The zero-order chi connectivity index (χ0) is 14.6. The summed E-state index contributed by atoms with van der Waals surface area (Å²) < 4.78 is 32.0. The molecular weight excluding hydrogens is 280 g/mol. The molecule has 0 amide bonds. The van der Waals surface area contributed by atoms with Gasteiger partial charge in [0.05, 0.1) is 18.5 Å². The molecule has 1 aliphatic heterocycles. The van der Waals surface area contributed by atoms with E-state index in [0.717, 1.165) is 19.3 Å². The summed E-state index contributed by atoms with van der Waals surface area (Å²) >= 11 is 0. The van der Waals surface area contributed by atoms with E-state index in [-0.39, 0.29) is 16.9 Å². The lowest BCUT2D eigenvalue weighted by molar-refractivity contribution is 0.0193. The maximum atomic E-state index is 12.5. The van der Waals surface area contributed by atoms with E-state index in [1.807, 2.05) is 6.92 Å². The van der Waals surface area contributed by atoms with E-state index in [1.165, 1.54) is 16.7 Å². The molecular formula is C12H20N4O3S. The zero-order valence-electron chi connectivity index (χ0n) is 11.5. The Morgan fingerprint density at radius 3 is 2.80 bits per heavy atom. The van der Waals surface area contributed by atoms with Crippen LogP contribution in [0.3, 0.4) is 0 Å². The SMILES string of the molecule is CCCOC1CCCN(S(=O)(=O)c2cnc(N)nc2)C1. The van der Waals surface area contributed by atoms with E-state index in [9.17, 15) is 8.42 Å². The normalized spacial score (nSPS) is 20.9. The van der Waals surface area contributed by atoms with Crippen molar-refractivity contribution in [2.75, 3.05) is 25.4 Å². The summed E-state index contributed by atoms with van der Waals surface area (Å²) in [5, 5.41) is 0. The van der Waals surface area contributed by atoms with Gasteiger partial charge in [-0.2, -0.15) is 4.31 Å². The molecule has 1 aromatic rings. The maximum Gasteiger partial charge on any atom is 0.246 e. The second-order valence-corrected chi connectivity index (χ2v) is 6.71. The quantitative estimate of drug-likeness (QED) is 0.856. The second kappa shape index (κ2) is 6.47. The van der Waals surface area contributed by atoms with Crippen LogP contribution in [-0.2, 0) is 14.8 Å². The number of nitrogens with two attached hydrogens (primary N) is 1. The van der Waals surface area contributed by atoms with Crippen LogP contribution in [0.4, 0.5) is 5.95 Å². The highest BCUT2D eigenvalue weighted by molar-refractivity contribution is 7.89. The Labute approximate surface area is 119 Å². The van der Waals surface area contributed by atoms with Gasteiger partial charge in [0.2, 0.25) is 16.0 Å². The van der Waals surface area contributed by atoms with Crippen molar-refractivity contribution in [1.29, 1.82) is 0 Å².